The van der Waals surface area contributed by atoms with Crippen molar-refractivity contribution in [1.82, 2.24) is 14.9 Å². The van der Waals surface area contributed by atoms with E-state index in [0.717, 1.165) is 31.8 Å². The highest BCUT2D eigenvalue weighted by Crippen LogP contribution is 2.22. The van der Waals surface area contributed by atoms with Crippen LogP contribution in [-0.2, 0) is 17.3 Å². The predicted molar refractivity (Wildman–Crippen MR) is 70.6 cm³/mol. The van der Waals surface area contributed by atoms with Gasteiger partial charge in [-0.2, -0.15) is 0 Å². The molecule has 0 bridgehead atoms. The molecule has 17 heavy (non-hydrogen) atoms. The van der Waals surface area contributed by atoms with Gasteiger partial charge in [0.2, 0.25) is 0 Å². The van der Waals surface area contributed by atoms with Gasteiger partial charge in [-0.25, -0.2) is 4.98 Å². The summed E-state index contributed by atoms with van der Waals surface area (Å²) in [5.41, 5.74) is 1.33. The van der Waals surface area contributed by atoms with E-state index in [-0.39, 0.29) is 0 Å². The second-order valence-corrected chi connectivity index (χ2v) is 6.24. The van der Waals surface area contributed by atoms with Crippen LogP contribution >= 0.6 is 0 Å². The summed E-state index contributed by atoms with van der Waals surface area (Å²) >= 11 is 0. The Hall–Kier alpha value is -0.680. The second kappa shape index (κ2) is 6.31. The summed E-state index contributed by atoms with van der Waals surface area (Å²) in [6.45, 7) is 3.14. The molecule has 2 heterocycles. The zero-order valence-electron chi connectivity index (χ0n) is 10.4. The van der Waals surface area contributed by atoms with E-state index in [1.807, 2.05) is 12.5 Å². The van der Waals surface area contributed by atoms with Crippen molar-refractivity contribution in [2.75, 3.05) is 25.1 Å². The first-order valence-electron chi connectivity index (χ1n) is 6.28. The van der Waals surface area contributed by atoms with Crippen molar-refractivity contribution in [3.8, 4) is 0 Å². The average Bonchev–Trinajstić information content (AvgIpc) is 2.78. The molecule has 4 nitrogen and oxygen atoms in total. The Morgan fingerprint density at radius 1 is 1.65 bits per heavy atom. The minimum Gasteiger partial charge on any atom is -0.334 e. The van der Waals surface area contributed by atoms with Crippen molar-refractivity contribution in [3.05, 3.63) is 18.2 Å². The molecule has 1 fully saturated rings. The number of aryl methyl sites for hydroxylation is 1. The van der Waals surface area contributed by atoms with Crippen molar-refractivity contribution in [1.29, 1.82) is 0 Å². The molecule has 1 aliphatic heterocycles. The van der Waals surface area contributed by atoms with Crippen LogP contribution in [0.4, 0.5) is 0 Å². The lowest BCUT2D eigenvalue weighted by Gasteiger charge is -2.23. The molecule has 96 valence electrons. The van der Waals surface area contributed by atoms with Gasteiger partial charge in [-0.15, -0.1) is 0 Å². The van der Waals surface area contributed by atoms with Crippen LogP contribution in [0, 0.1) is 0 Å². The minimum absolute atomic E-state index is 0.596. The molecule has 0 spiro atoms. The maximum atomic E-state index is 11.0. The zero-order chi connectivity index (χ0) is 12.1. The van der Waals surface area contributed by atoms with E-state index < -0.39 is 10.8 Å². The second-order valence-electron chi connectivity index (χ2n) is 4.69. The fraction of sp³-hybridized carbons (Fsp3) is 0.750. The fourth-order valence-corrected chi connectivity index (χ4v) is 2.94. The highest BCUT2D eigenvalue weighted by Gasteiger charge is 2.18. The SMILES string of the molecule is CS(=O)CCCn1cncc1C1CCCNC1. The van der Waals surface area contributed by atoms with Gasteiger partial charge >= 0.3 is 0 Å². The third-order valence-corrected chi connectivity index (χ3v) is 4.15. The molecule has 1 N–H and O–H groups in total. The van der Waals surface area contributed by atoms with Gasteiger partial charge in [0, 0.05) is 53.7 Å². The maximum Gasteiger partial charge on any atom is 0.0948 e. The number of hydrogen-bond donors (Lipinski definition) is 1. The van der Waals surface area contributed by atoms with Gasteiger partial charge in [0.25, 0.3) is 0 Å². The van der Waals surface area contributed by atoms with E-state index in [1.54, 1.807) is 6.26 Å². The van der Waals surface area contributed by atoms with E-state index >= 15 is 0 Å². The molecular weight excluding hydrogens is 234 g/mol. The smallest absolute Gasteiger partial charge is 0.0948 e. The summed E-state index contributed by atoms with van der Waals surface area (Å²) in [7, 11) is -0.684. The van der Waals surface area contributed by atoms with E-state index in [9.17, 15) is 4.21 Å². The van der Waals surface area contributed by atoms with Crippen molar-refractivity contribution in [2.24, 2.45) is 0 Å². The summed E-state index contributed by atoms with van der Waals surface area (Å²) in [5.74, 6) is 1.37. The number of hydrogen-bond acceptors (Lipinski definition) is 3. The van der Waals surface area contributed by atoms with Crippen LogP contribution in [0.15, 0.2) is 12.5 Å². The normalized spacial score (nSPS) is 22.5. The highest BCUT2D eigenvalue weighted by atomic mass is 32.2. The summed E-state index contributed by atoms with van der Waals surface area (Å²) in [5, 5.41) is 3.43. The Bertz CT molecular complexity index is 372. The van der Waals surface area contributed by atoms with Gasteiger partial charge in [0.05, 0.1) is 6.33 Å². The fourth-order valence-electron chi connectivity index (χ4n) is 2.40. The van der Waals surface area contributed by atoms with Gasteiger partial charge in [-0.1, -0.05) is 0 Å². The Morgan fingerprint density at radius 3 is 3.24 bits per heavy atom. The molecule has 5 heteroatoms. The van der Waals surface area contributed by atoms with Gasteiger partial charge < -0.3 is 9.88 Å². The first kappa shape index (κ1) is 12.8. The molecule has 1 aliphatic rings. The van der Waals surface area contributed by atoms with Crippen LogP contribution in [0.1, 0.15) is 30.9 Å². The molecule has 0 amide bonds. The third kappa shape index (κ3) is 3.64. The molecule has 1 aromatic heterocycles. The van der Waals surface area contributed by atoms with Crippen LogP contribution in [0.25, 0.3) is 0 Å². The zero-order valence-corrected chi connectivity index (χ0v) is 11.2. The molecular formula is C12H21N3OS. The maximum absolute atomic E-state index is 11.0. The van der Waals surface area contributed by atoms with Crippen molar-refractivity contribution in [2.45, 2.75) is 31.7 Å². The van der Waals surface area contributed by atoms with Crippen molar-refractivity contribution >= 4 is 10.8 Å². The van der Waals surface area contributed by atoms with Crippen molar-refractivity contribution in [3.63, 3.8) is 0 Å². The molecule has 1 saturated heterocycles. The van der Waals surface area contributed by atoms with Crippen LogP contribution in [0.2, 0.25) is 0 Å². The molecule has 0 aliphatic carbocycles. The molecule has 1 aromatic rings. The van der Waals surface area contributed by atoms with Crippen LogP contribution in [-0.4, -0.2) is 38.9 Å². The van der Waals surface area contributed by atoms with Crippen LogP contribution < -0.4 is 5.32 Å². The van der Waals surface area contributed by atoms with Crippen molar-refractivity contribution < 1.29 is 4.21 Å². The summed E-state index contributed by atoms with van der Waals surface area (Å²) < 4.78 is 13.3. The lowest BCUT2D eigenvalue weighted by Crippen LogP contribution is -2.29. The largest absolute Gasteiger partial charge is 0.334 e. The molecule has 2 rings (SSSR count). The third-order valence-electron chi connectivity index (χ3n) is 3.29. The molecule has 2 unspecified atom stereocenters. The van der Waals surface area contributed by atoms with E-state index in [1.165, 1.54) is 18.5 Å². The molecule has 0 aromatic carbocycles. The summed E-state index contributed by atoms with van der Waals surface area (Å²) in [4.78, 5) is 4.25. The number of nitrogens with zero attached hydrogens (tertiary/aromatic N) is 2. The van der Waals surface area contributed by atoms with Gasteiger partial charge in [-0.05, 0) is 25.8 Å². The van der Waals surface area contributed by atoms with Crippen LogP contribution in [0.3, 0.4) is 0 Å². The van der Waals surface area contributed by atoms with Crippen LogP contribution in [0.5, 0.6) is 0 Å². The highest BCUT2D eigenvalue weighted by molar-refractivity contribution is 7.84. The topological polar surface area (TPSA) is 46.9 Å². The van der Waals surface area contributed by atoms with Gasteiger partial charge in [0.1, 0.15) is 0 Å². The lowest BCUT2D eigenvalue weighted by atomic mass is 9.96. The number of rotatable bonds is 5. The molecule has 2 atom stereocenters. The Balaban J connectivity index is 1.93. The standard InChI is InChI=1S/C12H21N3OS/c1-17(16)7-3-6-15-10-14-9-12(15)11-4-2-5-13-8-11/h9-11,13H,2-8H2,1H3. The minimum atomic E-state index is -0.684. The van der Waals surface area contributed by atoms with Gasteiger partial charge in [-0.3, -0.25) is 4.21 Å². The number of aromatic nitrogens is 2. The monoisotopic (exact) mass is 255 g/mol. The number of imidazole rings is 1. The number of piperidine rings is 1. The lowest BCUT2D eigenvalue weighted by molar-refractivity contribution is 0.439. The Morgan fingerprint density at radius 2 is 2.53 bits per heavy atom. The average molecular weight is 255 g/mol. The first-order valence-corrected chi connectivity index (χ1v) is 8.01. The van der Waals surface area contributed by atoms with E-state index in [0.29, 0.717) is 5.92 Å². The molecule has 0 saturated carbocycles. The summed E-state index contributed by atoms with van der Waals surface area (Å²) in [6.07, 6.45) is 9.11. The van der Waals surface area contributed by atoms with Gasteiger partial charge in [0.15, 0.2) is 0 Å². The van der Waals surface area contributed by atoms with E-state index in [4.69, 9.17) is 0 Å². The summed E-state index contributed by atoms with van der Waals surface area (Å²) in [6, 6.07) is 0. The predicted octanol–water partition coefficient (Wildman–Crippen LogP) is 1.12. The first-order chi connectivity index (χ1) is 8.27. The Labute approximate surface area is 105 Å². The number of nitrogens with one attached hydrogen (secondary N) is 1. The Kier molecular flexibility index (Phi) is 4.74. The molecule has 0 radical (unpaired) electrons. The van der Waals surface area contributed by atoms with E-state index in [2.05, 4.69) is 14.9 Å². The quantitative estimate of drug-likeness (QED) is 0.857.